The molecule has 0 atom stereocenters. The lowest BCUT2D eigenvalue weighted by Gasteiger charge is -2.36. The first kappa shape index (κ1) is 12.9. The minimum atomic E-state index is -0.00282. The van der Waals surface area contributed by atoms with Gasteiger partial charge in [0, 0.05) is 29.6 Å². The van der Waals surface area contributed by atoms with Crippen LogP contribution in [-0.4, -0.2) is 24.5 Å². The number of carbonyl (C=O) groups is 1. The van der Waals surface area contributed by atoms with Gasteiger partial charge < -0.3 is 15.8 Å². The van der Waals surface area contributed by atoms with Crippen molar-refractivity contribution in [1.82, 2.24) is 0 Å². The van der Waals surface area contributed by atoms with E-state index in [-0.39, 0.29) is 5.78 Å². The van der Waals surface area contributed by atoms with Gasteiger partial charge in [0.05, 0.1) is 6.10 Å². The van der Waals surface area contributed by atoms with Crippen molar-refractivity contribution in [1.29, 1.82) is 0 Å². The first-order valence-corrected chi connectivity index (χ1v) is 6.38. The lowest BCUT2D eigenvalue weighted by Crippen LogP contribution is -2.40. The maximum Gasteiger partial charge on any atom is 0.161 e. The summed E-state index contributed by atoms with van der Waals surface area (Å²) >= 11 is 0. The Hall–Kier alpha value is -1.55. The van der Waals surface area contributed by atoms with E-state index >= 15 is 0 Å². The summed E-state index contributed by atoms with van der Waals surface area (Å²) in [6.07, 6.45) is 2.43. The molecule has 1 aromatic rings. The molecule has 1 fully saturated rings. The van der Waals surface area contributed by atoms with Crippen LogP contribution in [0.5, 0.6) is 0 Å². The molecule has 2 rings (SSSR count). The van der Waals surface area contributed by atoms with Gasteiger partial charge in [-0.25, -0.2) is 0 Å². The molecule has 0 aromatic heterocycles. The Bertz CT molecular complexity index is 439. The van der Waals surface area contributed by atoms with Crippen molar-refractivity contribution in [2.75, 3.05) is 17.7 Å². The van der Waals surface area contributed by atoms with Crippen LogP contribution in [0.3, 0.4) is 0 Å². The lowest BCUT2D eigenvalue weighted by atomic mass is 9.89. The highest BCUT2D eigenvalue weighted by molar-refractivity contribution is 6.00. The van der Waals surface area contributed by atoms with Crippen molar-refractivity contribution in [3.63, 3.8) is 0 Å². The summed E-state index contributed by atoms with van der Waals surface area (Å²) in [7, 11) is 0. The lowest BCUT2D eigenvalue weighted by molar-refractivity contribution is 0.00299. The van der Waals surface area contributed by atoms with Gasteiger partial charge >= 0.3 is 0 Å². The van der Waals surface area contributed by atoms with E-state index in [1.165, 1.54) is 6.92 Å². The van der Waals surface area contributed by atoms with Gasteiger partial charge in [0.15, 0.2) is 5.78 Å². The number of nitrogen functional groups attached to an aromatic ring is 1. The smallest absolute Gasteiger partial charge is 0.161 e. The average molecular weight is 248 g/mol. The number of nitrogens with one attached hydrogen (secondary N) is 1. The van der Waals surface area contributed by atoms with Crippen molar-refractivity contribution in [2.24, 2.45) is 0 Å². The summed E-state index contributed by atoms with van der Waals surface area (Å²) in [5.74, 6) is -0.00282. The predicted molar refractivity (Wildman–Crippen MR) is 72.9 cm³/mol. The summed E-state index contributed by atoms with van der Waals surface area (Å²) in [6, 6.07) is 5.95. The van der Waals surface area contributed by atoms with E-state index < -0.39 is 0 Å². The number of anilines is 2. The zero-order valence-electron chi connectivity index (χ0n) is 10.9. The van der Waals surface area contributed by atoms with Gasteiger partial charge in [-0.1, -0.05) is 0 Å². The van der Waals surface area contributed by atoms with Crippen molar-refractivity contribution >= 4 is 17.2 Å². The number of ether oxygens (including phenoxy) is 1. The van der Waals surface area contributed by atoms with Gasteiger partial charge in [-0.2, -0.15) is 0 Å². The number of carbonyl (C=O) groups excluding carboxylic acids is 1. The van der Waals surface area contributed by atoms with Crippen LogP contribution in [0, 0.1) is 0 Å². The Morgan fingerprint density at radius 2 is 2.22 bits per heavy atom. The molecule has 0 bridgehead atoms. The normalized spacial score (nSPS) is 22.3. The molecule has 1 aromatic carbocycles. The zero-order valence-corrected chi connectivity index (χ0v) is 10.9. The van der Waals surface area contributed by atoms with Crippen LogP contribution in [0.2, 0.25) is 0 Å². The number of ketones is 1. The minimum absolute atomic E-state index is 0.00282. The quantitative estimate of drug-likeness (QED) is 0.620. The van der Waals surface area contributed by atoms with Gasteiger partial charge in [-0.15, -0.1) is 0 Å². The van der Waals surface area contributed by atoms with Crippen LogP contribution in [0.25, 0.3) is 0 Å². The number of nitrogens with two attached hydrogens (primary N) is 1. The monoisotopic (exact) mass is 248 g/mol. The predicted octanol–water partition coefficient (Wildman–Crippen LogP) is 2.45. The molecular formula is C14H20N2O2. The zero-order chi connectivity index (χ0) is 13.1. The minimum Gasteiger partial charge on any atom is -0.398 e. The second-order valence-corrected chi connectivity index (χ2v) is 4.75. The molecule has 1 saturated carbocycles. The van der Waals surface area contributed by atoms with E-state index in [0.717, 1.165) is 25.1 Å². The molecule has 1 aliphatic carbocycles. The second kappa shape index (κ2) is 5.40. The molecule has 4 heteroatoms. The molecule has 0 heterocycles. The van der Waals surface area contributed by atoms with E-state index in [1.54, 1.807) is 6.07 Å². The van der Waals surface area contributed by atoms with E-state index in [2.05, 4.69) is 5.32 Å². The maximum atomic E-state index is 11.4. The summed E-state index contributed by atoms with van der Waals surface area (Å²) in [5, 5.41) is 3.40. The largest absolute Gasteiger partial charge is 0.398 e. The fourth-order valence-electron chi connectivity index (χ4n) is 2.24. The second-order valence-electron chi connectivity index (χ2n) is 4.75. The molecule has 4 nitrogen and oxygen atoms in total. The standard InChI is InChI=1S/C14H20N2O2/c1-3-18-12-6-11(7-12)16-10-4-5-14(15)13(8-10)9(2)17/h4-5,8,11-12,16H,3,6-7,15H2,1-2H3. The third kappa shape index (κ3) is 2.82. The highest BCUT2D eigenvalue weighted by Gasteiger charge is 2.29. The Kier molecular flexibility index (Phi) is 3.87. The molecule has 3 N–H and O–H groups in total. The van der Waals surface area contributed by atoms with Crippen molar-refractivity contribution in [3.05, 3.63) is 23.8 Å². The maximum absolute atomic E-state index is 11.4. The molecule has 0 aliphatic heterocycles. The summed E-state index contributed by atoms with van der Waals surface area (Å²) in [6.45, 7) is 4.32. The van der Waals surface area contributed by atoms with Crippen molar-refractivity contribution < 1.29 is 9.53 Å². The van der Waals surface area contributed by atoms with Crippen LogP contribution >= 0.6 is 0 Å². The van der Waals surface area contributed by atoms with Crippen LogP contribution in [0.4, 0.5) is 11.4 Å². The number of hydrogen-bond donors (Lipinski definition) is 2. The highest BCUT2D eigenvalue weighted by atomic mass is 16.5. The summed E-state index contributed by atoms with van der Waals surface area (Å²) in [4.78, 5) is 11.4. The Labute approximate surface area is 108 Å². The Balaban J connectivity index is 1.95. The average Bonchev–Trinajstić information content (AvgIpc) is 2.28. The number of rotatable bonds is 5. The SMILES string of the molecule is CCOC1CC(Nc2ccc(N)c(C(C)=O)c2)C1. The van der Waals surface area contributed by atoms with Crippen LogP contribution < -0.4 is 11.1 Å². The van der Waals surface area contributed by atoms with Crippen LogP contribution in [0.1, 0.15) is 37.0 Å². The molecule has 1 aliphatic rings. The highest BCUT2D eigenvalue weighted by Crippen LogP contribution is 2.28. The van der Waals surface area contributed by atoms with Crippen molar-refractivity contribution in [3.8, 4) is 0 Å². The first-order chi connectivity index (χ1) is 8.60. The first-order valence-electron chi connectivity index (χ1n) is 6.38. The topological polar surface area (TPSA) is 64.3 Å². The summed E-state index contributed by atoms with van der Waals surface area (Å²) < 4.78 is 5.51. The Morgan fingerprint density at radius 3 is 2.83 bits per heavy atom. The van der Waals surface area contributed by atoms with Crippen LogP contribution in [-0.2, 0) is 4.74 Å². The van der Waals surface area contributed by atoms with Crippen LogP contribution in [0.15, 0.2) is 18.2 Å². The van der Waals surface area contributed by atoms with Gasteiger partial charge in [-0.05, 0) is 44.9 Å². The molecule has 98 valence electrons. The van der Waals surface area contributed by atoms with Gasteiger partial charge in [0.25, 0.3) is 0 Å². The third-order valence-corrected chi connectivity index (χ3v) is 3.30. The van der Waals surface area contributed by atoms with E-state index in [4.69, 9.17) is 10.5 Å². The molecule has 18 heavy (non-hydrogen) atoms. The van der Waals surface area contributed by atoms with Gasteiger partial charge in [-0.3, -0.25) is 4.79 Å². The molecule has 0 radical (unpaired) electrons. The molecule has 0 spiro atoms. The number of benzene rings is 1. The molecular weight excluding hydrogens is 228 g/mol. The summed E-state index contributed by atoms with van der Waals surface area (Å²) in [5.41, 5.74) is 7.83. The van der Waals surface area contributed by atoms with E-state index in [9.17, 15) is 4.79 Å². The van der Waals surface area contributed by atoms with Gasteiger partial charge in [0.2, 0.25) is 0 Å². The van der Waals surface area contributed by atoms with E-state index in [0.29, 0.717) is 23.4 Å². The Morgan fingerprint density at radius 1 is 1.50 bits per heavy atom. The molecule has 0 saturated heterocycles. The molecule has 0 unspecified atom stereocenters. The third-order valence-electron chi connectivity index (χ3n) is 3.30. The van der Waals surface area contributed by atoms with Crippen molar-refractivity contribution in [2.45, 2.75) is 38.8 Å². The van der Waals surface area contributed by atoms with Gasteiger partial charge in [0.1, 0.15) is 0 Å². The number of hydrogen-bond acceptors (Lipinski definition) is 4. The van der Waals surface area contributed by atoms with E-state index in [1.807, 2.05) is 19.1 Å². The fraction of sp³-hybridized carbons (Fsp3) is 0.500. The molecule has 0 amide bonds. The fourth-order valence-corrected chi connectivity index (χ4v) is 2.24. The number of Topliss-reactive ketones (excluding diaryl/α,β-unsaturated/α-hetero) is 1.